The minimum Gasteiger partial charge on any atom is -0.311 e. The first kappa shape index (κ1) is 10.6. The molecule has 2 heterocycles. The first-order valence-electron chi connectivity index (χ1n) is 4.52. The van der Waals surface area contributed by atoms with Gasteiger partial charge in [-0.2, -0.15) is 0 Å². The van der Waals surface area contributed by atoms with Crippen LogP contribution in [0.15, 0.2) is 0 Å². The highest BCUT2D eigenvalue weighted by molar-refractivity contribution is 7.19. The largest absolute Gasteiger partial charge is 0.311 e. The maximum absolute atomic E-state index is 4.15. The summed E-state index contributed by atoms with van der Waals surface area (Å²) in [5.74, 6) is 0. The summed E-state index contributed by atoms with van der Waals surface area (Å²) in [6.07, 6.45) is 0. The van der Waals surface area contributed by atoms with Gasteiger partial charge in [-0.15, -0.1) is 15.3 Å². The molecule has 0 aliphatic rings. The van der Waals surface area contributed by atoms with Crippen LogP contribution < -0.4 is 5.32 Å². The molecule has 0 saturated carbocycles. The summed E-state index contributed by atoms with van der Waals surface area (Å²) in [5, 5.41) is 17.3. The molecule has 15 heavy (non-hydrogen) atoms. The molecule has 7 heteroatoms. The summed E-state index contributed by atoms with van der Waals surface area (Å²) in [6.45, 7) is 3.99. The van der Waals surface area contributed by atoms with E-state index in [1.165, 1.54) is 11.5 Å². The van der Waals surface area contributed by atoms with Crippen molar-refractivity contribution in [3.8, 4) is 9.88 Å². The highest BCUT2D eigenvalue weighted by Crippen LogP contribution is 2.30. The van der Waals surface area contributed by atoms with E-state index in [2.05, 4.69) is 32.0 Å². The quantitative estimate of drug-likeness (QED) is 0.885. The summed E-state index contributed by atoms with van der Waals surface area (Å²) in [5.41, 5.74) is 0.916. The molecule has 0 bridgehead atoms. The number of aryl methyl sites for hydroxylation is 1. The average Bonchev–Trinajstić information content (AvgIpc) is 2.84. The molecule has 1 N–H and O–H groups in total. The van der Waals surface area contributed by atoms with Crippen LogP contribution >= 0.6 is 22.9 Å². The van der Waals surface area contributed by atoms with Gasteiger partial charge in [0.05, 0.1) is 11.7 Å². The summed E-state index contributed by atoms with van der Waals surface area (Å²) < 4.78 is 3.89. The van der Waals surface area contributed by atoms with Gasteiger partial charge in [-0.3, -0.25) is 0 Å². The molecule has 1 atom stereocenters. The molecule has 2 aromatic heterocycles. The minimum atomic E-state index is 0.234. The molecule has 0 radical (unpaired) electrons. The first-order valence-corrected chi connectivity index (χ1v) is 6.11. The van der Waals surface area contributed by atoms with E-state index in [1.807, 2.05) is 14.0 Å². The zero-order valence-corrected chi connectivity index (χ0v) is 10.3. The van der Waals surface area contributed by atoms with Crippen LogP contribution in [-0.2, 0) is 0 Å². The van der Waals surface area contributed by atoms with E-state index in [0.29, 0.717) is 0 Å². The van der Waals surface area contributed by atoms with Crippen LogP contribution in [0.1, 0.15) is 23.7 Å². The number of hydrogen-bond acceptors (Lipinski definition) is 7. The molecule has 0 aliphatic heterocycles. The van der Waals surface area contributed by atoms with Gasteiger partial charge in [0.25, 0.3) is 0 Å². The Balaban J connectivity index is 2.32. The Morgan fingerprint density at radius 3 is 2.67 bits per heavy atom. The second kappa shape index (κ2) is 4.30. The third-order valence-electron chi connectivity index (χ3n) is 2.09. The van der Waals surface area contributed by atoms with Crippen LogP contribution in [0.2, 0.25) is 0 Å². The van der Waals surface area contributed by atoms with E-state index >= 15 is 0 Å². The number of nitrogens with one attached hydrogen (secondary N) is 1. The third-order valence-corrected chi connectivity index (χ3v) is 4.18. The Morgan fingerprint density at radius 1 is 1.27 bits per heavy atom. The topological polar surface area (TPSA) is 63.6 Å². The minimum absolute atomic E-state index is 0.234. The zero-order valence-electron chi connectivity index (χ0n) is 8.68. The Kier molecular flexibility index (Phi) is 3.03. The molecule has 5 nitrogen and oxygen atoms in total. The van der Waals surface area contributed by atoms with Gasteiger partial charge < -0.3 is 5.32 Å². The maximum atomic E-state index is 4.15. The smallest absolute Gasteiger partial charge is 0.161 e. The summed E-state index contributed by atoms with van der Waals surface area (Å²) in [4.78, 5) is 1.02. The lowest BCUT2D eigenvalue weighted by atomic mass is 10.4. The molecular weight excluding hydrogens is 230 g/mol. The van der Waals surface area contributed by atoms with Crippen LogP contribution in [-0.4, -0.2) is 26.8 Å². The molecule has 80 valence electrons. The Bertz CT molecular complexity index is 449. The summed E-state index contributed by atoms with van der Waals surface area (Å²) in [7, 11) is 1.91. The van der Waals surface area contributed by atoms with Gasteiger partial charge in [0.2, 0.25) is 0 Å². The molecule has 2 rings (SSSR count). The van der Waals surface area contributed by atoms with Gasteiger partial charge in [0.15, 0.2) is 5.01 Å². The van der Waals surface area contributed by atoms with Crippen LogP contribution in [0.5, 0.6) is 0 Å². The standard InChI is InChI=1S/C8H11N5S2/c1-4-6(15-13-10-4)8-12-11-7(14-8)5(2)9-3/h5,9H,1-3H3. The number of aromatic nitrogens is 4. The van der Waals surface area contributed by atoms with Crippen molar-refractivity contribution >= 4 is 22.9 Å². The number of hydrogen-bond donors (Lipinski definition) is 1. The molecule has 0 aromatic carbocycles. The van der Waals surface area contributed by atoms with Crippen LogP contribution in [0, 0.1) is 6.92 Å². The van der Waals surface area contributed by atoms with E-state index in [-0.39, 0.29) is 6.04 Å². The molecule has 0 amide bonds. The van der Waals surface area contributed by atoms with Crippen molar-refractivity contribution in [3.05, 3.63) is 10.7 Å². The van der Waals surface area contributed by atoms with Crippen molar-refractivity contribution in [2.45, 2.75) is 19.9 Å². The van der Waals surface area contributed by atoms with Gasteiger partial charge in [0.1, 0.15) is 9.88 Å². The van der Waals surface area contributed by atoms with Gasteiger partial charge in [-0.05, 0) is 32.4 Å². The fourth-order valence-corrected chi connectivity index (χ4v) is 2.72. The van der Waals surface area contributed by atoms with Crippen LogP contribution in [0.25, 0.3) is 9.88 Å². The third kappa shape index (κ3) is 2.04. The van der Waals surface area contributed by atoms with Crippen molar-refractivity contribution in [2.24, 2.45) is 0 Å². The lowest BCUT2D eigenvalue weighted by Gasteiger charge is -2.02. The second-order valence-electron chi connectivity index (χ2n) is 3.14. The fourth-order valence-electron chi connectivity index (χ4n) is 1.05. The monoisotopic (exact) mass is 241 g/mol. The maximum Gasteiger partial charge on any atom is 0.161 e. The van der Waals surface area contributed by atoms with Crippen molar-refractivity contribution in [1.29, 1.82) is 0 Å². The van der Waals surface area contributed by atoms with E-state index in [4.69, 9.17) is 0 Å². The molecule has 2 aromatic rings. The first-order chi connectivity index (χ1) is 7.22. The molecule has 0 saturated heterocycles. The Hall–Kier alpha value is -0.920. The molecule has 1 unspecified atom stereocenters. The number of rotatable bonds is 3. The fraction of sp³-hybridized carbons (Fsp3) is 0.500. The highest BCUT2D eigenvalue weighted by atomic mass is 32.1. The van der Waals surface area contributed by atoms with Crippen molar-refractivity contribution in [3.63, 3.8) is 0 Å². The van der Waals surface area contributed by atoms with Crippen LogP contribution in [0.3, 0.4) is 0 Å². The van der Waals surface area contributed by atoms with Crippen molar-refractivity contribution in [1.82, 2.24) is 25.1 Å². The lowest BCUT2D eigenvalue weighted by Crippen LogP contribution is -2.11. The number of nitrogens with zero attached hydrogens (tertiary/aromatic N) is 4. The Morgan fingerprint density at radius 2 is 2.07 bits per heavy atom. The van der Waals surface area contributed by atoms with Crippen molar-refractivity contribution in [2.75, 3.05) is 7.05 Å². The predicted molar refractivity (Wildman–Crippen MR) is 61.0 cm³/mol. The van der Waals surface area contributed by atoms with E-state index in [9.17, 15) is 0 Å². The second-order valence-corrected chi connectivity index (χ2v) is 4.91. The summed E-state index contributed by atoms with van der Waals surface area (Å²) in [6, 6.07) is 0.234. The average molecular weight is 241 g/mol. The lowest BCUT2D eigenvalue weighted by molar-refractivity contribution is 0.640. The van der Waals surface area contributed by atoms with Crippen LogP contribution in [0.4, 0.5) is 0 Å². The molecule has 0 aliphatic carbocycles. The zero-order chi connectivity index (χ0) is 10.8. The molecular formula is C8H11N5S2. The van der Waals surface area contributed by atoms with E-state index < -0.39 is 0 Å². The SMILES string of the molecule is CNC(C)c1nnc(-c2snnc2C)s1. The Labute approximate surface area is 95.7 Å². The van der Waals surface area contributed by atoms with Crippen molar-refractivity contribution < 1.29 is 0 Å². The summed E-state index contributed by atoms with van der Waals surface area (Å²) >= 11 is 2.94. The van der Waals surface area contributed by atoms with E-state index in [1.54, 1.807) is 11.3 Å². The normalized spacial score (nSPS) is 13.0. The predicted octanol–water partition coefficient (Wildman–Crippen LogP) is 1.65. The van der Waals surface area contributed by atoms with Gasteiger partial charge >= 0.3 is 0 Å². The van der Waals surface area contributed by atoms with E-state index in [0.717, 1.165) is 20.6 Å². The molecule has 0 spiro atoms. The van der Waals surface area contributed by atoms with Gasteiger partial charge in [-0.1, -0.05) is 15.8 Å². The van der Waals surface area contributed by atoms with Gasteiger partial charge in [0, 0.05) is 0 Å². The van der Waals surface area contributed by atoms with Gasteiger partial charge in [-0.25, -0.2) is 0 Å². The highest BCUT2D eigenvalue weighted by Gasteiger charge is 2.14. The molecule has 0 fully saturated rings.